The fraction of sp³-hybridized carbons (Fsp3) is 0.600. The monoisotopic (exact) mass is 240 g/mol. The maximum absolute atomic E-state index is 10.8. The quantitative estimate of drug-likeness (QED) is 0.461. The maximum Gasteiger partial charge on any atom is 0.372 e. The number of ether oxygens (including phenoxy) is 1. The lowest BCUT2D eigenvalue weighted by molar-refractivity contribution is -0.385. The molecule has 1 rings (SSSR count). The molecule has 0 spiro atoms. The molecule has 17 heavy (non-hydrogen) atoms. The molecule has 0 radical (unpaired) electrons. The highest BCUT2D eigenvalue weighted by Crippen LogP contribution is 2.29. The van der Waals surface area contributed by atoms with Crippen LogP contribution in [0.15, 0.2) is 0 Å². The smallest absolute Gasteiger partial charge is 0.372 e. The molecular formula is C10H16N4O3. The van der Waals surface area contributed by atoms with Gasteiger partial charge in [-0.05, 0) is 6.42 Å². The topological polar surface area (TPSA) is 104 Å². The second kappa shape index (κ2) is 5.97. The third kappa shape index (κ3) is 3.27. The van der Waals surface area contributed by atoms with Gasteiger partial charge < -0.3 is 10.5 Å². The summed E-state index contributed by atoms with van der Waals surface area (Å²) < 4.78 is 5.29. The van der Waals surface area contributed by atoms with Crippen LogP contribution in [-0.4, -0.2) is 21.5 Å². The lowest BCUT2D eigenvalue weighted by atomic mass is 10.3. The summed E-state index contributed by atoms with van der Waals surface area (Å²) in [7, 11) is 0. The van der Waals surface area contributed by atoms with Crippen LogP contribution in [0.25, 0.3) is 0 Å². The lowest BCUT2D eigenvalue weighted by Crippen LogP contribution is -2.09. The largest absolute Gasteiger partial charge is 0.473 e. The number of nitro groups is 1. The first kappa shape index (κ1) is 13.1. The van der Waals surface area contributed by atoms with E-state index in [4.69, 9.17) is 10.5 Å². The molecule has 0 aliphatic rings. The minimum Gasteiger partial charge on any atom is -0.473 e. The van der Waals surface area contributed by atoms with Crippen molar-refractivity contribution in [3.8, 4) is 5.88 Å². The number of unbranched alkanes of at least 4 members (excludes halogenated alkanes) is 1. The average Bonchev–Trinajstić information content (AvgIpc) is 2.28. The number of nitrogens with zero attached hydrogens (tertiary/aromatic N) is 3. The van der Waals surface area contributed by atoms with Crippen LogP contribution in [0.3, 0.4) is 0 Å². The van der Waals surface area contributed by atoms with Gasteiger partial charge in [0.25, 0.3) is 5.88 Å². The van der Waals surface area contributed by atoms with Gasteiger partial charge in [0.1, 0.15) is 5.82 Å². The maximum atomic E-state index is 10.8. The van der Waals surface area contributed by atoms with E-state index in [1.54, 1.807) is 0 Å². The van der Waals surface area contributed by atoms with Crippen molar-refractivity contribution in [1.29, 1.82) is 0 Å². The Morgan fingerprint density at radius 2 is 2.12 bits per heavy atom. The third-order valence-electron chi connectivity index (χ3n) is 2.16. The zero-order chi connectivity index (χ0) is 12.8. The highest BCUT2D eigenvalue weighted by Gasteiger charge is 2.24. The van der Waals surface area contributed by atoms with Crippen LogP contribution >= 0.6 is 0 Å². The van der Waals surface area contributed by atoms with Gasteiger partial charge in [0, 0.05) is 6.42 Å². The van der Waals surface area contributed by atoms with E-state index in [0.717, 1.165) is 12.8 Å². The number of aryl methyl sites for hydroxylation is 1. The van der Waals surface area contributed by atoms with Crippen LogP contribution in [0.5, 0.6) is 5.88 Å². The summed E-state index contributed by atoms with van der Waals surface area (Å²) in [5.74, 6) is 0.265. The van der Waals surface area contributed by atoms with Crippen molar-refractivity contribution in [2.75, 3.05) is 12.3 Å². The van der Waals surface area contributed by atoms with Crippen LogP contribution < -0.4 is 10.5 Å². The second-order valence-electron chi connectivity index (χ2n) is 3.49. The van der Waals surface area contributed by atoms with Crippen LogP contribution in [0, 0.1) is 10.1 Å². The zero-order valence-electron chi connectivity index (χ0n) is 9.97. The molecule has 0 saturated heterocycles. The summed E-state index contributed by atoms with van der Waals surface area (Å²) in [6.45, 7) is 4.23. The molecule has 0 aliphatic carbocycles. The number of anilines is 1. The van der Waals surface area contributed by atoms with Gasteiger partial charge in [0.05, 0.1) is 11.5 Å². The number of aromatic nitrogens is 2. The Morgan fingerprint density at radius 3 is 2.65 bits per heavy atom. The molecule has 0 saturated carbocycles. The number of rotatable bonds is 6. The van der Waals surface area contributed by atoms with Gasteiger partial charge >= 0.3 is 5.69 Å². The zero-order valence-corrected chi connectivity index (χ0v) is 9.97. The molecule has 7 nitrogen and oxygen atoms in total. The number of hydrogen-bond acceptors (Lipinski definition) is 6. The minimum atomic E-state index is -0.615. The van der Waals surface area contributed by atoms with E-state index in [1.165, 1.54) is 0 Å². The Bertz CT molecular complexity index is 409. The number of nitrogen functional groups attached to an aromatic ring is 1. The summed E-state index contributed by atoms with van der Waals surface area (Å²) in [5, 5.41) is 10.8. The lowest BCUT2D eigenvalue weighted by Gasteiger charge is -2.07. The van der Waals surface area contributed by atoms with Crippen LogP contribution in [0.4, 0.5) is 11.5 Å². The first-order valence-corrected chi connectivity index (χ1v) is 5.53. The molecule has 0 fully saturated rings. The molecule has 0 aromatic carbocycles. The summed E-state index contributed by atoms with van der Waals surface area (Å²) in [4.78, 5) is 18.1. The number of nitrogens with two attached hydrogens (primary N) is 1. The third-order valence-corrected chi connectivity index (χ3v) is 2.16. The van der Waals surface area contributed by atoms with Crippen molar-refractivity contribution >= 4 is 11.5 Å². The first-order chi connectivity index (χ1) is 8.10. The Labute approximate surface area is 99.2 Å². The highest BCUT2D eigenvalue weighted by atomic mass is 16.6. The van der Waals surface area contributed by atoms with Crippen molar-refractivity contribution in [3.05, 3.63) is 15.9 Å². The molecule has 0 bridgehead atoms. The van der Waals surface area contributed by atoms with Crippen molar-refractivity contribution in [2.24, 2.45) is 0 Å². The van der Waals surface area contributed by atoms with Gasteiger partial charge in [-0.3, -0.25) is 10.1 Å². The summed E-state index contributed by atoms with van der Waals surface area (Å²) >= 11 is 0. The van der Waals surface area contributed by atoms with Crippen molar-refractivity contribution in [2.45, 2.75) is 33.1 Å². The highest BCUT2D eigenvalue weighted by molar-refractivity contribution is 5.58. The van der Waals surface area contributed by atoms with Gasteiger partial charge in [-0.2, -0.15) is 4.98 Å². The summed E-state index contributed by atoms with van der Waals surface area (Å²) in [6.07, 6.45) is 2.30. The van der Waals surface area contributed by atoms with E-state index >= 15 is 0 Å². The first-order valence-electron chi connectivity index (χ1n) is 5.53. The Hall–Kier alpha value is -1.92. The van der Waals surface area contributed by atoms with E-state index in [9.17, 15) is 10.1 Å². The van der Waals surface area contributed by atoms with Crippen LogP contribution in [0.2, 0.25) is 0 Å². The van der Waals surface area contributed by atoms with Crippen LogP contribution in [0.1, 0.15) is 32.5 Å². The van der Waals surface area contributed by atoms with Crippen molar-refractivity contribution < 1.29 is 9.66 Å². The molecule has 1 aromatic heterocycles. The van der Waals surface area contributed by atoms with E-state index in [-0.39, 0.29) is 17.4 Å². The molecule has 1 heterocycles. The van der Waals surface area contributed by atoms with Gasteiger partial charge in [-0.1, -0.05) is 20.3 Å². The second-order valence-corrected chi connectivity index (χ2v) is 3.49. The van der Waals surface area contributed by atoms with Gasteiger partial charge in [-0.15, -0.1) is 0 Å². The summed E-state index contributed by atoms with van der Waals surface area (Å²) in [6, 6.07) is 0. The SMILES string of the molecule is CCCCOc1nc(CC)nc(N)c1[N+](=O)[O-]. The van der Waals surface area contributed by atoms with Crippen molar-refractivity contribution in [3.63, 3.8) is 0 Å². The van der Waals surface area contributed by atoms with Crippen LogP contribution in [-0.2, 0) is 6.42 Å². The molecule has 1 aromatic rings. The molecule has 0 aliphatic heterocycles. The predicted octanol–water partition coefficient (Wildman–Crippen LogP) is 1.71. The summed E-state index contributed by atoms with van der Waals surface area (Å²) in [5.41, 5.74) is 5.18. The van der Waals surface area contributed by atoms with Gasteiger partial charge in [0.2, 0.25) is 5.82 Å². The fourth-order valence-corrected chi connectivity index (χ4v) is 1.24. The Balaban J connectivity index is 3.04. The molecule has 0 unspecified atom stereocenters. The molecule has 2 N–H and O–H groups in total. The minimum absolute atomic E-state index is 0.0344. The van der Waals surface area contributed by atoms with E-state index in [0.29, 0.717) is 18.9 Å². The molecule has 94 valence electrons. The Kier molecular flexibility index (Phi) is 4.62. The molecule has 0 amide bonds. The Morgan fingerprint density at radius 1 is 1.41 bits per heavy atom. The standard InChI is InChI=1S/C10H16N4O3/c1-3-5-6-17-10-8(14(15)16)9(11)12-7(4-2)13-10/h3-6H2,1-2H3,(H2,11,12,13). The number of hydrogen-bond donors (Lipinski definition) is 1. The predicted molar refractivity (Wildman–Crippen MR) is 62.9 cm³/mol. The van der Waals surface area contributed by atoms with Gasteiger partial charge in [0.15, 0.2) is 0 Å². The normalized spacial score (nSPS) is 10.2. The molecule has 0 atom stereocenters. The molecular weight excluding hydrogens is 224 g/mol. The van der Waals surface area contributed by atoms with E-state index in [1.807, 2.05) is 13.8 Å². The van der Waals surface area contributed by atoms with Crippen molar-refractivity contribution in [1.82, 2.24) is 9.97 Å². The van der Waals surface area contributed by atoms with E-state index < -0.39 is 4.92 Å². The fourth-order valence-electron chi connectivity index (χ4n) is 1.24. The molecule has 7 heteroatoms. The average molecular weight is 240 g/mol. The van der Waals surface area contributed by atoms with Gasteiger partial charge in [-0.25, -0.2) is 4.98 Å². The van der Waals surface area contributed by atoms with E-state index in [2.05, 4.69) is 9.97 Å².